The van der Waals surface area contributed by atoms with Gasteiger partial charge in [-0.3, -0.25) is 0 Å². The second-order valence-corrected chi connectivity index (χ2v) is 6.83. The Morgan fingerprint density at radius 2 is 1.93 bits per heavy atom. The van der Waals surface area contributed by atoms with Crippen molar-refractivity contribution >= 4 is 9.84 Å². The van der Waals surface area contributed by atoms with E-state index in [1.165, 1.54) is 6.26 Å². The maximum Gasteiger partial charge on any atom is 0.151 e. The highest BCUT2D eigenvalue weighted by molar-refractivity contribution is 7.91. The van der Waals surface area contributed by atoms with Gasteiger partial charge in [0.05, 0.1) is 5.25 Å². The van der Waals surface area contributed by atoms with Crippen LogP contribution in [0.2, 0.25) is 0 Å². The van der Waals surface area contributed by atoms with Gasteiger partial charge in [0.1, 0.15) is 0 Å². The van der Waals surface area contributed by atoms with Crippen molar-refractivity contribution in [3.8, 4) is 0 Å². The summed E-state index contributed by atoms with van der Waals surface area (Å²) in [4.78, 5) is 0. The van der Waals surface area contributed by atoms with Crippen LogP contribution in [0, 0.1) is 0 Å². The molecule has 0 aromatic carbocycles. The Balaban J connectivity index is 2.51. The number of hydrogen-bond acceptors (Lipinski definition) is 3. The molecule has 1 aliphatic rings. The van der Waals surface area contributed by atoms with Crippen LogP contribution in [0.3, 0.4) is 0 Å². The molecule has 0 saturated heterocycles. The molecule has 0 spiro atoms. The maximum absolute atomic E-state index is 11.6. The molecule has 0 amide bonds. The molecule has 4 heteroatoms. The van der Waals surface area contributed by atoms with Gasteiger partial charge in [0.15, 0.2) is 9.84 Å². The molecule has 0 aliphatic heterocycles. The van der Waals surface area contributed by atoms with Gasteiger partial charge in [0, 0.05) is 12.3 Å². The largest absolute Gasteiger partial charge is 0.313 e. The van der Waals surface area contributed by atoms with Crippen LogP contribution in [-0.2, 0) is 9.84 Å². The zero-order chi connectivity index (χ0) is 11.3. The van der Waals surface area contributed by atoms with Crippen molar-refractivity contribution < 1.29 is 8.42 Å². The molecular weight excluding hydrogens is 210 g/mol. The van der Waals surface area contributed by atoms with Gasteiger partial charge in [0.2, 0.25) is 0 Å². The molecule has 0 bridgehead atoms. The minimum absolute atomic E-state index is 0.150. The fourth-order valence-corrected chi connectivity index (χ4v) is 3.73. The molecule has 0 aromatic rings. The van der Waals surface area contributed by atoms with E-state index in [1.807, 2.05) is 0 Å². The van der Waals surface area contributed by atoms with E-state index >= 15 is 0 Å². The third kappa shape index (κ3) is 4.11. The lowest BCUT2D eigenvalue weighted by atomic mass is 9.95. The summed E-state index contributed by atoms with van der Waals surface area (Å²) in [6.45, 7) is 3.10. The van der Waals surface area contributed by atoms with E-state index in [2.05, 4.69) is 12.2 Å². The molecule has 90 valence electrons. The summed E-state index contributed by atoms with van der Waals surface area (Å²) in [5.74, 6) is 0. The zero-order valence-electron chi connectivity index (χ0n) is 9.83. The highest BCUT2D eigenvalue weighted by atomic mass is 32.2. The second kappa shape index (κ2) is 5.85. The molecule has 1 saturated carbocycles. The fraction of sp³-hybridized carbons (Fsp3) is 1.00. The monoisotopic (exact) mass is 233 g/mol. The van der Waals surface area contributed by atoms with Crippen LogP contribution in [0.25, 0.3) is 0 Å². The van der Waals surface area contributed by atoms with E-state index < -0.39 is 9.84 Å². The molecular formula is C11H23NO2S. The van der Waals surface area contributed by atoms with Crippen molar-refractivity contribution in [2.75, 3.05) is 12.8 Å². The minimum atomic E-state index is -2.87. The highest BCUT2D eigenvalue weighted by Gasteiger charge is 2.31. The van der Waals surface area contributed by atoms with Gasteiger partial charge in [-0.25, -0.2) is 8.42 Å². The summed E-state index contributed by atoms with van der Waals surface area (Å²) < 4.78 is 23.2. The van der Waals surface area contributed by atoms with Gasteiger partial charge in [-0.15, -0.1) is 0 Å². The molecule has 0 aromatic heterocycles. The Kier molecular flexibility index (Phi) is 5.06. The first-order valence-corrected chi connectivity index (χ1v) is 7.93. The smallest absolute Gasteiger partial charge is 0.151 e. The van der Waals surface area contributed by atoms with Gasteiger partial charge in [-0.1, -0.05) is 26.2 Å². The molecule has 0 radical (unpaired) electrons. The van der Waals surface area contributed by atoms with Crippen LogP contribution in [0.4, 0.5) is 0 Å². The lowest BCUT2D eigenvalue weighted by molar-refractivity contribution is 0.370. The van der Waals surface area contributed by atoms with Gasteiger partial charge < -0.3 is 5.32 Å². The van der Waals surface area contributed by atoms with Crippen molar-refractivity contribution in [1.29, 1.82) is 0 Å². The minimum Gasteiger partial charge on any atom is -0.313 e. The topological polar surface area (TPSA) is 46.2 Å². The normalized spacial score (nSPS) is 27.9. The molecule has 15 heavy (non-hydrogen) atoms. The van der Waals surface area contributed by atoms with E-state index in [9.17, 15) is 8.42 Å². The maximum atomic E-state index is 11.6. The van der Waals surface area contributed by atoms with Gasteiger partial charge in [0.25, 0.3) is 0 Å². The van der Waals surface area contributed by atoms with E-state index in [4.69, 9.17) is 0 Å². The Morgan fingerprint density at radius 1 is 1.27 bits per heavy atom. The molecule has 2 atom stereocenters. The standard InChI is InChI=1S/C11H23NO2S/c1-3-4-9-12-10-7-5-6-8-11(10)15(2,13)14/h10-12H,3-9H2,1-2H3. The average molecular weight is 233 g/mol. The number of nitrogens with one attached hydrogen (secondary N) is 1. The summed E-state index contributed by atoms with van der Waals surface area (Å²) >= 11 is 0. The van der Waals surface area contributed by atoms with Crippen LogP contribution >= 0.6 is 0 Å². The second-order valence-electron chi connectivity index (χ2n) is 4.57. The number of sulfone groups is 1. The Morgan fingerprint density at radius 3 is 2.53 bits per heavy atom. The first kappa shape index (κ1) is 13.0. The predicted molar refractivity (Wildman–Crippen MR) is 63.8 cm³/mol. The third-order valence-electron chi connectivity index (χ3n) is 3.19. The third-order valence-corrected chi connectivity index (χ3v) is 4.85. The number of rotatable bonds is 5. The molecule has 0 heterocycles. The summed E-state index contributed by atoms with van der Waals surface area (Å²) in [6.07, 6.45) is 7.73. The molecule has 1 aliphatic carbocycles. The van der Waals surface area contributed by atoms with Gasteiger partial charge in [-0.2, -0.15) is 0 Å². The molecule has 1 fully saturated rings. The number of hydrogen-bond donors (Lipinski definition) is 1. The van der Waals surface area contributed by atoms with Crippen molar-refractivity contribution in [2.24, 2.45) is 0 Å². The van der Waals surface area contributed by atoms with Gasteiger partial charge >= 0.3 is 0 Å². The first-order valence-electron chi connectivity index (χ1n) is 5.98. The van der Waals surface area contributed by atoms with Crippen LogP contribution in [0.1, 0.15) is 45.4 Å². The van der Waals surface area contributed by atoms with Crippen molar-refractivity contribution in [2.45, 2.75) is 56.7 Å². The lowest BCUT2D eigenvalue weighted by Gasteiger charge is -2.31. The Bertz CT molecular complexity index is 274. The Labute approximate surface area is 93.6 Å². The fourth-order valence-electron chi connectivity index (χ4n) is 2.31. The Hall–Kier alpha value is -0.0900. The van der Waals surface area contributed by atoms with Crippen molar-refractivity contribution in [3.05, 3.63) is 0 Å². The molecule has 1 rings (SSSR count). The summed E-state index contributed by atoms with van der Waals surface area (Å²) in [5.41, 5.74) is 0. The van der Waals surface area contributed by atoms with E-state index in [0.29, 0.717) is 0 Å². The van der Waals surface area contributed by atoms with Crippen LogP contribution < -0.4 is 5.32 Å². The lowest BCUT2D eigenvalue weighted by Crippen LogP contribution is -2.46. The van der Waals surface area contributed by atoms with Crippen LogP contribution in [-0.4, -0.2) is 32.5 Å². The van der Waals surface area contributed by atoms with Crippen LogP contribution in [0.15, 0.2) is 0 Å². The van der Waals surface area contributed by atoms with Gasteiger partial charge in [-0.05, 0) is 25.8 Å². The van der Waals surface area contributed by atoms with Crippen LogP contribution in [0.5, 0.6) is 0 Å². The van der Waals surface area contributed by atoms with Crippen molar-refractivity contribution in [1.82, 2.24) is 5.32 Å². The molecule has 3 nitrogen and oxygen atoms in total. The zero-order valence-corrected chi connectivity index (χ0v) is 10.6. The highest BCUT2D eigenvalue weighted by Crippen LogP contribution is 2.23. The van der Waals surface area contributed by atoms with Crippen molar-refractivity contribution in [3.63, 3.8) is 0 Å². The summed E-state index contributed by atoms with van der Waals surface area (Å²) in [5, 5.41) is 3.25. The van der Waals surface area contributed by atoms with E-state index in [-0.39, 0.29) is 11.3 Å². The first-order chi connectivity index (χ1) is 7.05. The number of unbranched alkanes of at least 4 members (excludes halogenated alkanes) is 1. The molecule has 2 unspecified atom stereocenters. The van der Waals surface area contributed by atoms with E-state index in [1.54, 1.807) is 0 Å². The SMILES string of the molecule is CCCCNC1CCCCC1S(C)(=O)=O. The summed E-state index contributed by atoms with van der Waals surface area (Å²) in [6, 6.07) is 0.195. The average Bonchev–Trinajstić information content (AvgIpc) is 2.17. The predicted octanol–water partition coefficient (Wildman–Crippen LogP) is 1.73. The summed E-state index contributed by atoms with van der Waals surface area (Å²) in [7, 11) is -2.87. The quantitative estimate of drug-likeness (QED) is 0.736. The molecule has 1 N–H and O–H groups in total. The van der Waals surface area contributed by atoms with E-state index in [0.717, 1.165) is 45.1 Å².